The molecule has 0 aliphatic carbocycles. The Morgan fingerprint density at radius 1 is 0.750 bits per heavy atom. The summed E-state index contributed by atoms with van der Waals surface area (Å²) >= 11 is 0. The minimum absolute atomic E-state index is 0.290. The van der Waals surface area contributed by atoms with E-state index in [2.05, 4.69) is 0 Å². The van der Waals surface area contributed by atoms with Gasteiger partial charge in [0.15, 0.2) is 0 Å². The average Bonchev–Trinajstić information content (AvgIpc) is 2.26. The van der Waals surface area contributed by atoms with Crippen LogP contribution in [0.2, 0.25) is 0 Å². The fourth-order valence-corrected chi connectivity index (χ4v) is 2.56. The molecule has 0 spiro atoms. The predicted molar refractivity (Wildman–Crippen MR) is 51.8 cm³/mol. The van der Waals surface area contributed by atoms with E-state index < -0.39 is 40.5 Å². The second kappa shape index (κ2) is 4.62. The van der Waals surface area contributed by atoms with Gasteiger partial charge in [-0.1, -0.05) is 6.07 Å². The number of hydrogen-bond acceptors (Lipinski definition) is 4. The second-order valence-electron chi connectivity index (χ2n) is 3.28. The maximum absolute atomic E-state index is 12.2. The highest BCUT2D eigenvalue weighted by Gasteiger charge is 2.50. The van der Waals surface area contributed by atoms with E-state index >= 15 is 0 Å². The van der Waals surface area contributed by atoms with E-state index in [1.807, 2.05) is 0 Å². The maximum Gasteiger partial charge on any atom is 0.501 e. The zero-order chi connectivity index (χ0) is 16.0. The molecule has 0 saturated carbocycles. The van der Waals surface area contributed by atoms with E-state index in [4.69, 9.17) is 0 Å². The third-order valence-electron chi connectivity index (χ3n) is 1.93. The van der Waals surface area contributed by atoms with Crippen molar-refractivity contribution in [3.05, 3.63) is 24.3 Å². The lowest BCUT2D eigenvalue weighted by Gasteiger charge is -2.10. The van der Waals surface area contributed by atoms with Crippen LogP contribution in [0.4, 0.5) is 26.3 Å². The van der Waals surface area contributed by atoms with Crippen LogP contribution in [0.1, 0.15) is 0 Å². The lowest BCUT2D eigenvalue weighted by atomic mass is 10.4. The van der Waals surface area contributed by atoms with Crippen LogP contribution in [-0.4, -0.2) is 27.9 Å². The number of rotatable bonds is 2. The maximum atomic E-state index is 12.2. The number of sulfone groups is 2. The van der Waals surface area contributed by atoms with Crippen LogP contribution in [0.5, 0.6) is 0 Å². The Labute approximate surface area is 108 Å². The summed E-state index contributed by atoms with van der Waals surface area (Å²) in [5, 5.41) is 0. The fraction of sp³-hybridized carbons (Fsp3) is 0.250. The van der Waals surface area contributed by atoms with Gasteiger partial charge in [0.05, 0.1) is 9.79 Å². The summed E-state index contributed by atoms with van der Waals surface area (Å²) in [5.41, 5.74) is -11.6. The Hall–Kier alpha value is -1.30. The summed E-state index contributed by atoms with van der Waals surface area (Å²) in [6.07, 6.45) is 0. The van der Waals surface area contributed by atoms with Crippen molar-refractivity contribution >= 4 is 19.7 Å². The molecule has 113 valence electrons. The van der Waals surface area contributed by atoms with Crippen molar-refractivity contribution < 1.29 is 43.2 Å². The molecule has 0 aromatic heterocycles. The summed E-state index contributed by atoms with van der Waals surface area (Å²) in [6.45, 7) is 0. The molecule has 1 aromatic carbocycles. The van der Waals surface area contributed by atoms with Gasteiger partial charge in [-0.05, 0) is 12.1 Å². The van der Waals surface area contributed by atoms with Crippen molar-refractivity contribution in [1.82, 2.24) is 0 Å². The summed E-state index contributed by atoms with van der Waals surface area (Å²) in [4.78, 5) is -3.43. The quantitative estimate of drug-likeness (QED) is 0.773. The number of alkyl halides is 6. The van der Waals surface area contributed by atoms with Crippen molar-refractivity contribution in [2.45, 2.75) is 20.8 Å². The molecule has 1 radical (unpaired) electrons. The second-order valence-corrected chi connectivity index (χ2v) is 7.10. The van der Waals surface area contributed by atoms with E-state index in [1.165, 1.54) is 0 Å². The van der Waals surface area contributed by atoms with Crippen LogP contribution < -0.4 is 0 Å². The summed E-state index contributed by atoms with van der Waals surface area (Å²) in [6, 6.07) is 2.14. The Bertz CT molecular complexity index is 655. The first-order chi connectivity index (χ1) is 8.71. The summed E-state index contributed by atoms with van der Waals surface area (Å²) < 4.78 is 117. The van der Waals surface area contributed by atoms with E-state index in [9.17, 15) is 43.2 Å². The molecule has 20 heavy (non-hydrogen) atoms. The zero-order valence-corrected chi connectivity index (χ0v) is 10.6. The van der Waals surface area contributed by atoms with Gasteiger partial charge in [-0.15, -0.1) is 0 Å². The Morgan fingerprint density at radius 3 is 1.30 bits per heavy atom. The van der Waals surface area contributed by atoms with Crippen molar-refractivity contribution in [3.63, 3.8) is 0 Å². The summed E-state index contributed by atoms with van der Waals surface area (Å²) in [5.74, 6) is 0. The molecule has 0 atom stereocenters. The van der Waals surface area contributed by atoms with Gasteiger partial charge in [-0.3, -0.25) is 0 Å². The highest BCUT2D eigenvalue weighted by atomic mass is 32.2. The molecule has 1 rings (SSSR count). The highest BCUT2D eigenvalue weighted by molar-refractivity contribution is 7.93. The van der Waals surface area contributed by atoms with Crippen LogP contribution in [0.3, 0.4) is 0 Å². The normalized spacial score (nSPS) is 14.3. The minimum atomic E-state index is -5.99. The van der Waals surface area contributed by atoms with Crippen LogP contribution in [0.15, 0.2) is 28.0 Å². The fourth-order valence-electron chi connectivity index (χ4n) is 0.991. The van der Waals surface area contributed by atoms with Crippen molar-refractivity contribution in [2.75, 3.05) is 0 Å². The molecule has 0 unspecified atom stereocenters. The van der Waals surface area contributed by atoms with Crippen molar-refractivity contribution in [3.8, 4) is 0 Å². The Kier molecular flexibility index (Phi) is 3.87. The van der Waals surface area contributed by atoms with Gasteiger partial charge in [0.25, 0.3) is 19.7 Å². The van der Waals surface area contributed by atoms with E-state index in [-0.39, 0.29) is 12.1 Å². The van der Waals surface area contributed by atoms with E-state index in [1.54, 1.807) is 0 Å². The molecule has 0 bridgehead atoms. The van der Waals surface area contributed by atoms with Crippen LogP contribution in [-0.2, 0) is 19.7 Å². The van der Waals surface area contributed by atoms with Gasteiger partial charge in [0.2, 0.25) is 0 Å². The first kappa shape index (κ1) is 16.8. The monoisotopic (exact) mass is 341 g/mol. The summed E-state index contributed by atoms with van der Waals surface area (Å²) in [7, 11) is -12.0. The molecule has 1 aromatic rings. The Morgan fingerprint density at radius 2 is 1.05 bits per heavy atom. The van der Waals surface area contributed by atoms with Crippen LogP contribution in [0, 0.1) is 6.07 Å². The third kappa shape index (κ3) is 2.75. The van der Waals surface area contributed by atoms with Crippen molar-refractivity contribution in [2.24, 2.45) is 0 Å². The third-order valence-corrected chi connectivity index (χ3v) is 4.78. The molecule has 0 aliphatic heterocycles. The largest absolute Gasteiger partial charge is 0.501 e. The predicted octanol–water partition coefficient (Wildman–Crippen LogP) is 2.07. The number of hydrogen-bond donors (Lipinski definition) is 0. The Balaban J connectivity index is 3.53. The molecular weight excluding hydrogens is 338 g/mol. The number of halogens is 6. The highest BCUT2D eigenvalue weighted by Crippen LogP contribution is 2.34. The molecule has 0 saturated heterocycles. The van der Waals surface area contributed by atoms with Crippen molar-refractivity contribution in [1.29, 1.82) is 0 Å². The number of benzene rings is 1. The van der Waals surface area contributed by atoms with Crippen LogP contribution in [0.25, 0.3) is 0 Å². The molecule has 12 heteroatoms. The van der Waals surface area contributed by atoms with Gasteiger partial charge in [0.1, 0.15) is 0 Å². The van der Waals surface area contributed by atoms with Gasteiger partial charge < -0.3 is 0 Å². The smallest absolute Gasteiger partial charge is 0.214 e. The van der Waals surface area contributed by atoms with Gasteiger partial charge in [0, 0.05) is 6.07 Å². The molecule has 4 nitrogen and oxygen atoms in total. The lowest BCUT2D eigenvalue weighted by Crippen LogP contribution is -2.25. The average molecular weight is 341 g/mol. The molecular formula is C8H3F6O4S2. The lowest BCUT2D eigenvalue weighted by molar-refractivity contribution is -0.0438. The van der Waals surface area contributed by atoms with Crippen LogP contribution >= 0.6 is 0 Å². The van der Waals surface area contributed by atoms with E-state index in [0.29, 0.717) is 6.07 Å². The SMILES string of the molecule is O=S(=O)(c1[c]c(S(=O)(=O)C(F)(F)F)ccc1)C(F)(F)F. The minimum Gasteiger partial charge on any atom is -0.214 e. The van der Waals surface area contributed by atoms with Gasteiger partial charge in [-0.2, -0.15) is 26.3 Å². The standard InChI is InChI=1S/C8H3F6O4S2/c9-7(10,11)19(15,16)5-2-1-3-6(4-5)20(17,18)8(12,13)14/h1-3H. The van der Waals surface area contributed by atoms with Gasteiger partial charge in [-0.25, -0.2) is 16.8 Å². The molecule has 0 heterocycles. The molecule has 0 fully saturated rings. The zero-order valence-electron chi connectivity index (χ0n) is 8.95. The van der Waals surface area contributed by atoms with E-state index in [0.717, 1.165) is 6.07 Å². The van der Waals surface area contributed by atoms with Gasteiger partial charge >= 0.3 is 11.0 Å². The molecule has 0 amide bonds. The molecule has 0 aliphatic rings. The first-order valence-electron chi connectivity index (χ1n) is 4.36. The topological polar surface area (TPSA) is 68.3 Å². The molecule has 0 N–H and O–H groups in total. The first-order valence-corrected chi connectivity index (χ1v) is 7.33.